The molecule has 1 saturated heterocycles. The van der Waals surface area contributed by atoms with Crippen molar-refractivity contribution in [1.82, 2.24) is 4.98 Å². The molecule has 1 saturated carbocycles. The highest BCUT2D eigenvalue weighted by Crippen LogP contribution is 2.62. The van der Waals surface area contributed by atoms with Gasteiger partial charge in [-0.05, 0) is 122 Å². The Labute approximate surface area is 352 Å². The SMILES string of the molecule is C=CCO[C@@]12Oc3ccc(Oc4ccc(OC)c(C=O)c4)cc3[C@H]3[C@H](CCCCO)[C@@H](CCCCO)C=C(C(=NOC4CCCCO4)C[C@@H]1SCCc1ccncc1)[C@H]32. The van der Waals surface area contributed by atoms with Crippen molar-refractivity contribution in [1.29, 1.82) is 0 Å². The molecule has 11 nitrogen and oxygen atoms in total. The molecule has 2 N–H and O–H groups in total. The van der Waals surface area contributed by atoms with E-state index in [1.165, 1.54) is 12.7 Å². The van der Waals surface area contributed by atoms with E-state index < -0.39 is 12.1 Å². The van der Waals surface area contributed by atoms with E-state index in [1.807, 2.05) is 36.3 Å². The van der Waals surface area contributed by atoms with Crippen LogP contribution in [0, 0.1) is 17.8 Å². The van der Waals surface area contributed by atoms with Crippen molar-refractivity contribution in [3.63, 3.8) is 0 Å². The average Bonchev–Trinajstić information content (AvgIpc) is 3.27. The number of aromatic nitrogens is 1. The van der Waals surface area contributed by atoms with Crippen molar-refractivity contribution >= 4 is 23.8 Å². The van der Waals surface area contributed by atoms with Gasteiger partial charge in [-0.25, -0.2) is 0 Å². The molecule has 0 bridgehead atoms. The van der Waals surface area contributed by atoms with E-state index in [2.05, 4.69) is 35.8 Å². The zero-order valence-corrected chi connectivity index (χ0v) is 34.9. The quantitative estimate of drug-likeness (QED) is 0.0461. The number of nitrogens with zero attached hydrogens (tertiary/aromatic N) is 2. The summed E-state index contributed by atoms with van der Waals surface area (Å²) >= 11 is 1.83. The molecule has 1 aromatic heterocycles. The molecule has 2 aliphatic carbocycles. The highest BCUT2D eigenvalue weighted by Gasteiger charge is 2.64. The second kappa shape index (κ2) is 20.9. The zero-order valence-electron chi connectivity index (χ0n) is 34.0. The van der Waals surface area contributed by atoms with Crippen LogP contribution in [-0.2, 0) is 20.7 Å². The molecule has 0 spiro atoms. The van der Waals surface area contributed by atoms with Gasteiger partial charge in [0.05, 0.1) is 42.8 Å². The Morgan fingerprint density at radius 1 is 1.02 bits per heavy atom. The summed E-state index contributed by atoms with van der Waals surface area (Å²) in [6.07, 6.45) is 17.3. The molecule has 59 heavy (non-hydrogen) atoms. The number of aliphatic hydroxyl groups is 2. The Hall–Kier alpha value is -4.20. The summed E-state index contributed by atoms with van der Waals surface area (Å²) in [6.45, 7) is 5.26. The van der Waals surface area contributed by atoms with Gasteiger partial charge in [0.2, 0.25) is 12.1 Å². The number of pyridine rings is 1. The minimum atomic E-state index is -1.08. The van der Waals surface area contributed by atoms with Crippen LogP contribution in [0.3, 0.4) is 0 Å². The molecule has 4 aliphatic rings. The van der Waals surface area contributed by atoms with Gasteiger partial charge >= 0.3 is 0 Å². The number of unbranched alkanes of at least 4 members (excludes halogenated alkanes) is 2. The number of hydrogen-bond acceptors (Lipinski definition) is 12. The van der Waals surface area contributed by atoms with Gasteiger partial charge in [0.1, 0.15) is 23.0 Å². The molecule has 2 fully saturated rings. The van der Waals surface area contributed by atoms with Crippen molar-refractivity contribution in [2.24, 2.45) is 22.9 Å². The normalized spacial score (nSPS) is 26.5. The monoisotopic (exact) mass is 826 g/mol. The Bertz CT molecular complexity index is 1920. The van der Waals surface area contributed by atoms with Crippen LogP contribution < -0.4 is 14.2 Å². The van der Waals surface area contributed by atoms with Crippen LogP contribution in [0.5, 0.6) is 23.0 Å². The van der Waals surface area contributed by atoms with E-state index in [0.29, 0.717) is 55.3 Å². The molecule has 0 radical (unpaired) electrons. The molecule has 12 heteroatoms. The summed E-state index contributed by atoms with van der Waals surface area (Å²) in [7, 11) is 1.54. The minimum Gasteiger partial charge on any atom is -0.496 e. The molecule has 7 rings (SSSR count). The van der Waals surface area contributed by atoms with Crippen LogP contribution in [0.1, 0.15) is 91.6 Å². The number of aliphatic hydroxyl groups excluding tert-OH is 2. The molecule has 2 aromatic carbocycles. The van der Waals surface area contributed by atoms with Crippen molar-refractivity contribution < 1.29 is 43.5 Å². The smallest absolute Gasteiger partial charge is 0.230 e. The van der Waals surface area contributed by atoms with Crippen LogP contribution in [0.4, 0.5) is 0 Å². The van der Waals surface area contributed by atoms with Crippen molar-refractivity contribution in [3.8, 4) is 23.0 Å². The molecule has 0 amide bonds. The third kappa shape index (κ3) is 9.89. The van der Waals surface area contributed by atoms with E-state index in [-0.39, 0.29) is 42.1 Å². The van der Waals surface area contributed by atoms with E-state index in [4.69, 9.17) is 33.7 Å². The molecule has 3 heterocycles. The zero-order chi connectivity index (χ0) is 41.0. The molecular weight excluding hydrogens is 769 g/mol. The van der Waals surface area contributed by atoms with E-state index >= 15 is 0 Å². The first kappa shape index (κ1) is 42.9. The summed E-state index contributed by atoms with van der Waals surface area (Å²) in [6, 6.07) is 15.3. The number of thioether (sulfide) groups is 1. The predicted molar refractivity (Wildman–Crippen MR) is 228 cm³/mol. The lowest BCUT2D eigenvalue weighted by molar-refractivity contribution is -0.223. The first-order valence-corrected chi connectivity index (χ1v) is 22.2. The lowest BCUT2D eigenvalue weighted by Gasteiger charge is -2.58. The van der Waals surface area contributed by atoms with Crippen LogP contribution >= 0.6 is 11.8 Å². The summed E-state index contributed by atoms with van der Waals surface area (Å²) in [5.41, 5.74) is 4.57. The Balaban J connectivity index is 1.36. The van der Waals surface area contributed by atoms with Crippen LogP contribution in [-0.4, -0.2) is 83.8 Å². The largest absolute Gasteiger partial charge is 0.496 e. The molecular formula is C47H58N2O9S. The lowest BCUT2D eigenvalue weighted by atomic mass is 9.56. The highest BCUT2D eigenvalue weighted by molar-refractivity contribution is 8.00. The fraction of sp³-hybridized carbons (Fsp3) is 0.511. The molecule has 7 atom stereocenters. The number of ether oxygens (including phenoxy) is 5. The maximum Gasteiger partial charge on any atom is 0.230 e. The predicted octanol–water partition coefficient (Wildman–Crippen LogP) is 8.83. The lowest BCUT2D eigenvalue weighted by Crippen LogP contribution is -2.64. The summed E-state index contributed by atoms with van der Waals surface area (Å²) < 4.78 is 32.3. The van der Waals surface area contributed by atoms with Gasteiger partial charge < -0.3 is 38.7 Å². The number of carbonyl (C=O) groups is 1. The maximum absolute atomic E-state index is 11.9. The number of benzene rings is 2. The molecule has 1 unspecified atom stereocenters. The van der Waals surface area contributed by atoms with Gasteiger partial charge in [0.25, 0.3) is 0 Å². The summed E-state index contributed by atoms with van der Waals surface area (Å²) in [5.74, 6) is 2.00. The number of oxime groups is 1. The van der Waals surface area contributed by atoms with Gasteiger partial charge in [0, 0.05) is 49.9 Å². The standard InChI is InChI=1S/C47H58N2O9S/c1-3-24-55-47-43(59-26-19-32-17-20-48-21-18-32)30-40(49-58-44-12-6-9-25-54-44)38-28-33(10-4-7-22-50)37(11-5-8-23-51)45(46(38)47)39-29-36(14-16-42(39)57-47)56-35-13-15-41(53-2)34(27-35)31-52/h3,13-18,20-21,27-29,31,33,37,43-46,50-51H,1,4-12,19,22-26,30H2,2H3/t33-,37+,43-,44?,45+,46+,47+/m0/s1. The first-order chi connectivity index (χ1) is 29.0. The number of aldehydes is 1. The van der Waals surface area contributed by atoms with Crippen molar-refractivity contribution in [2.75, 3.05) is 39.3 Å². The fourth-order valence-electron chi connectivity index (χ4n) is 9.33. The Morgan fingerprint density at radius 3 is 2.56 bits per heavy atom. The maximum atomic E-state index is 11.9. The van der Waals surface area contributed by atoms with Crippen LogP contribution in [0.2, 0.25) is 0 Å². The number of methoxy groups -OCH3 is 1. The van der Waals surface area contributed by atoms with Crippen LogP contribution in [0.25, 0.3) is 0 Å². The number of fused-ring (bicyclic) bond motifs is 2. The number of aryl methyl sites for hydroxylation is 1. The topological polar surface area (TPSA) is 138 Å². The summed E-state index contributed by atoms with van der Waals surface area (Å²) in [5, 5.41) is 24.6. The van der Waals surface area contributed by atoms with Gasteiger partial charge in [-0.3, -0.25) is 9.78 Å². The molecule has 316 valence electrons. The van der Waals surface area contributed by atoms with E-state index in [9.17, 15) is 15.0 Å². The third-order valence-electron chi connectivity index (χ3n) is 12.1. The van der Waals surface area contributed by atoms with Gasteiger partial charge in [-0.2, -0.15) is 11.8 Å². The number of carbonyl (C=O) groups excluding carboxylic acids is 1. The molecule has 2 aliphatic heterocycles. The van der Waals surface area contributed by atoms with Gasteiger partial charge in [-0.1, -0.05) is 30.1 Å². The Kier molecular flexibility index (Phi) is 15.2. The van der Waals surface area contributed by atoms with E-state index in [0.717, 1.165) is 86.0 Å². The third-order valence-corrected chi connectivity index (χ3v) is 13.4. The fourth-order valence-corrected chi connectivity index (χ4v) is 10.7. The van der Waals surface area contributed by atoms with Gasteiger partial charge in [-0.15, -0.1) is 6.58 Å². The average molecular weight is 827 g/mol. The van der Waals surface area contributed by atoms with E-state index in [1.54, 1.807) is 24.3 Å². The van der Waals surface area contributed by atoms with Crippen LogP contribution in [0.15, 0.2) is 90.4 Å². The highest BCUT2D eigenvalue weighted by atomic mass is 32.2. The minimum absolute atomic E-state index is 0.0916. The van der Waals surface area contributed by atoms with Crippen molar-refractivity contribution in [2.45, 2.75) is 93.9 Å². The molecule has 3 aromatic rings. The van der Waals surface area contributed by atoms with Gasteiger partial charge in [0.15, 0.2) is 6.29 Å². The first-order valence-electron chi connectivity index (χ1n) is 21.2. The Morgan fingerprint density at radius 2 is 1.81 bits per heavy atom. The number of allylic oxidation sites excluding steroid dienone is 1. The second-order valence-corrected chi connectivity index (χ2v) is 17.1. The number of rotatable bonds is 21. The number of hydrogen-bond donors (Lipinski definition) is 2. The summed E-state index contributed by atoms with van der Waals surface area (Å²) in [4.78, 5) is 22.4. The second-order valence-electron chi connectivity index (χ2n) is 15.7. The van der Waals surface area contributed by atoms with Crippen molar-refractivity contribution in [3.05, 3.63) is 102 Å².